The lowest BCUT2D eigenvalue weighted by atomic mass is 10.2. The zero-order valence-corrected chi connectivity index (χ0v) is 16.7. The Hall–Kier alpha value is -1.89. The molecule has 0 aliphatic carbocycles. The van der Waals surface area contributed by atoms with Crippen LogP contribution in [0.25, 0.3) is 11.5 Å². The quantitative estimate of drug-likeness (QED) is 0.462. The minimum atomic E-state index is 0.533. The Morgan fingerprint density at radius 3 is 2.73 bits per heavy atom. The average molecular weight is 437 g/mol. The first-order valence-corrected chi connectivity index (χ1v) is 9.42. The molecule has 2 aromatic carbocycles. The Balaban J connectivity index is 1.43. The predicted octanol–water partition coefficient (Wildman–Crippen LogP) is 5.05. The van der Waals surface area contributed by atoms with E-state index in [1.165, 1.54) is 0 Å². The van der Waals surface area contributed by atoms with E-state index >= 15 is 0 Å². The molecule has 3 aromatic rings. The molecule has 0 atom stereocenters. The van der Waals surface area contributed by atoms with Crippen LogP contribution in [0.5, 0.6) is 5.75 Å². The molecule has 136 valence electrons. The highest BCUT2D eigenvalue weighted by Gasteiger charge is 2.10. The van der Waals surface area contributed by atoms with E-state index in [9.17, 15) is 0 Å². The molecule has 0 fully saturated rings. The molecule has 0 bridgehead atoms. The van der Waals surface area contributed by atoms with Crippen LogP contribution in [0.15, 0.2) is 57.4 Å². The zero-order valence-electron chi connectivity index (χ0n) is 14.4. The fourth-order valence-electron chi connectivity index (χ4n) is 2.42. The van der Waals surface area contributed by atoms with Crippen LogP contribution in [0.3, 0.4) is 0 Å². The third-order valence-corrected chi connectivity index (χ3v) is 4.48. The van der Waals surface area contributed by atoms with E-state index in [4.69, 9.17) is 20.8 Å². The van der Waals surface area contributed by atoms with Crippen molar-refractivity contribution >= 4 is 27.5 Å². The van der Waals surface area contributed by atoms with Crippen molar-refractivity contribution in [2.45, 2.75) is 13.0 Å². The van der Waals surface area contributed by atoms with E-state index < -0.39 is 0 Å². The van der Waals surface area contributed by atoms with Gasteiger partial charge in [-0.2, -0.15) is 0 Å². The van der Waals surface area contributed by atoms with Crippen LogP contribution in [0.1, 0.15) is 12.3 Å². The fourth-order valence-corrected chi connectivity index (χ4v) is 2.86. The molecule has 0 amide bonds. The van der Waals surface area contributed by atoms with Gasteiger partial charge in [-0.1, -0.05) is 33.6 Å². The maximum Gasteiger partial charge on any atom is 0.247 e. The second-order valence-electron chi connectivity index (χ2n) is 5.91. The lowest BCUT2D eigenvalue weighted by molar-refractivity contribution is 0.245. The summed E-state index contributed by atoms with van der Waals surface area (Å²) in [6.07, 6.45) is 0.886. The average Bonchev–Trinajstić information content (AvgIpc) is 3.08. The molecule has 0 saturated carbocycles. The van der Waals surface area contributed by atoms with Gasteiger partial charge in [-0.15, -0.1) is 10.2 Å². The molecule has 3 rings (SSSR count). The summed E-state index contributed by atoms with van der Waals surface area (Å²) in [4.78, 5) is 2.13. The van der Waals surface area contributed by atoms with E-state index in [0.717, 1.165) is 28.8 Å². The van der Waals surface area contributed by atoms with Gasteiger partial charge in [0.15, 0.2) is 0 Å². The molecular weight excluding hydrogens is 418 g/mol. The minimum absolute atomic E-state index is 0.533. The summed E-state index contributed by atoms with van der Waals surface area (Å²) < 4.78 is 12.5. The summed E-state index contributed by atoms with van der Waals surface area (Å²) in [6.45, 7) is 2.08. The third kappa shape index (κ3) is 5.56. The summed E-state index contributed by atoms with van der Waals surface area (Å²) in [7, 11) is 2.02. The lowest BCUT2D eigenvalue weighted by Gasteiger charge is -2.14. The van der Waals surface area contributed by atoms with Crippen LogP contribution in [-0.2, 0) is 6.54 Å². The van der Waals surface area contributed by atoms with Crippen molar-refractivity contribution in [2.24, 2.45) is 0 Å². The molecule has 0 N–H and O–H groups in total. The molecule has 0 aliphatic rings. The summed E-state index contributed by atoms with van der Waals surface area (Å²) in [6, 6.07) is 15.2. The Kier molecular flexibility index (Phi) is 6.66. The number of rotatable bonds is 8. The Morgan fingerprint density at radius 1 is 1.15 bits per heavy atom. The van der Waals surface area contributed by atoms with E-state index in [1.807, 2.05) is 55.6 Å². The number of benzene rings is 2. The molecule has 7 heteroatoms. The van der Waals surface area contributed by atoms with Gasteiger partial charge in [-0.25, -0.2) is 0 Å². The molecule has 0 radical (unpaired) electrons. The number of nitrogens with zero attached hydrogens (tertiary/aromatic N) is 3. The normalized spacial score (nSPS) is 11.1. The van der Waals surface area contributed by atoms with Crippen molar-refractivity contribution in [1.29, 1.82) is 0 Å². The monoisotopic (exact) mass is 435 g/mol. The molecule has 1 aromatic heterocycles. The van der Waals surface area contributed by atoms with Gasteiger partial charge in [0.25, 0.3) is 0 Å². The second-order valence-corrected chi connectivity index (χ2v) is 7.26. The first-order valence-electron chi connectivity index (χ1n) is 8.25. The highest BCUT2D eigenvalue weighted by Crippen LogP contribution is 2.21. The number of aromatic nitrogens is 2. The largest absolute Gasteiger partial charge is 0.493 e. The van der Waals surface area contributed by atoms with Crippen molar-refractivity contribution in [1.82, 2.24) is 15.1 Å². The van der Waals surface area contributed by atoms with Crippen molar-refractivity contribution < 1.29 is 9.15 Å². The third-order valence-electron chi connectivity index (χ3n) is 3.71. The number of hydrogen-bond donors (Lipinski definition) is 0. The van der Waals surface area contributed by atoms with Gasteiger partial charge in [0.1, 0.15) is 5.75 Å². The molecule has 26 heavy (non-hydrogen) atoms. The van der Waals surface area contributed by atoms with Crippen molar-refractivity contribution in [2.75, 3.05) is 20.2 Å². The lowest BCUT2D eigenvalue weighted by Crippen LogP contribution is -2.21. The van der Waals surface area contributed by atoms with Crippen LogP contribution in [-0.4, -0.2) is 35.3 Å². The molecular formula is C19H19BrClN3O2. The Bertz CT molecular complexity index is 839. The topological polar surface area (TPSA) is 51.4 Å². The SMILES string of the molecule is CN(CCCOc1cccc(Cl)c1)Cc1nnc(-c2ccc(Br)cc2)o1. The molecule has 0 saturated heterocycles. The molecule has 5 nitrogen and oxygen atoms in total. The summed E-state index contributed by atoms with van der Waals surface area (Å²) >= 11 is 9.35. The van der Waals surface area contributed by atoms with Gasteiger partial charge >= 0.3 is 0 Å². The van der Waals surface area contributed by atoms with Gasteiger partial charge in [0.05, 0.1) is 13.2 Å². The van der Waals surface area contributed by atoms with E-state index in [2.05, 4.69) is 31.0 Å². The Morgan fingerprint density at radius 2 is 1.96 bits per heavy atom. The van der Waals surface area contributed by atoms with E-state index in [1.54, 1.807) is 0 Å². The minimum Gasteiger partial charge on any atom is -0.493 e. The molecule has 1 heterocycles. The second kappa shape index (κ2) is 9.16. The van der Waals surface area contributed by atoms with Crippen LogP contribution in [0.2, 0.25) is 5.02 Å². The maximum absolute atomic E-state index is 5.94. The van der Waals surface area contributed by atoms with Crippen molar-refractivity contribution in [3.05, 3.63) is 63.9 Å². The maximum atomic E-state index is 5.94. The van der Waals surface area contributed by atoms with E-state index in [-0.39, 0.29) is 0 Å². The molecule has 0 unspecified atom stereocenters. The summed E-state index contributed by atoms with van der Waals surface area (Å²) in [5.41, 5.74) is 0.907. The summed E-state index contributed by atoms with van der Waals surface area (Å²) in [5.74, 6) is 1.92. The highest BCUT2D eigenvalue weighted by atomic mass is 79.9. The van der Waals surface area contributed by atoms with Gasteiger partial charge in [0, 0.05) is 21.6 Å². The number of hydrogen-bond acceptors (Lipinski definition) is 5. The summed E-state index contributed by atoms with van der Waals surface area (Å²) in [5, 5.41) is 8.92. The molecule has 0 aliphatic heterocycles. The Labute approximate surface area is 166 Å². The van der Waals surface area contributed by atoms with Gasteiger partial charge in [-0.05, 0) is 55.9 Å². The smallest absolute Gasteiger partial charge is 0.247 e. The van der Waals surface area contributed by atoms with Gasteiger partial charge in [-0.3, -0.25) is 4.90 Å². The first-order chi connectivity index (χ1) is 12.6. The van der Waals surface area contributed by atoms with Crippen LogP contribution in [0.4, 0.5) is 0 Å². The zero-order chi connectivity index (χ0) is 18.4. The standard InChI is InChI=1S/C19H19BrClN3O2/c1-24(10-3-11-25-17-5-2-4-16(21)12-17)13-18-22-23-19(26-18)14-6-8-15(20)9-7-14/h2,4-9,12H,3,10-11,13H2,1H3. The highest BCUT2D eigenvalue weighted by molar-refractivity contribution is 9.10. The fraction of sp³-hybridized carbons (Fsp3) is 0.263. The number of halogens is 2. The van der Waals surface area contributed by atoms with Gasteiger partial charge < -0.3 is 9.15 Å². The van der Waals surface area contributed by atoms with E-state index in [0.29, 0.717) is 30.0 Å². The molecule has 0 spiro atoms. The van der Waals surface area contributed by atoms with Crippen molar-refractivity contribution in [3.8, 4) is 17.2 Å². The predicted molar refractivity (Wildman–Crippen MR) is 105 cm³/mol. The van der Waals surface area contributed by atoms with Crippen LogP contribution >= 0.6 is 27.5 Å². The van der Waals surface area contributed by atoms with Crippen molar-refractivity contribution in [3.63, 3.8) is 0 Å². The van der Waals surface area contributed by atoms with Crippen LogP contribution in [0, 0.1) is 0 Å². The number of ether oxygens (including phenoxy) is 1. The first kappa shape index (κ1) is 18.9. The van der Waals surface area contributed by atoms with Crippen LogP contribution < -0.4 is 4.74 Å². The van der Waals surface area contributed by atoms with Gasteiger partial charge in [0.2, 0.25) is 11.8 Å².